The Morgan fingerprint density at radius 1 is 1.13 bits per heavy atom. The van der Waals surface area contributed by atoms with Crippen LogP contribution in [0.25, 0.3) is 10.2 Å². The summed E-state index contributed by atoms with van der Waals surface area (Å²) < 4.78 is 1.23. The minimum atomic E-state index is 0.000391. The Morgan fingerprint density at radius 2 is 1.97 bits per heavy atom. The van der Waals surface area contributed by atoms with Gasteiger partial charge in [0.1, 0.15) is 5.69 Å². The van der Waals surface area contributed by atoms with E-state index in [2.05, 4.69) is 28.1 Å². The number of thiazole rings is 1. The lowest BCUT2D eigenvalue weighted by Crippen LogP contribution is -2.38. The molecule has 0 bridgehead atoms. The van der Waals surface area contributed by atoms with Crippen molar-refractivity contribution < 1.29 is 9.59 Å². The fraction of sp³-hybridized carbons (Fsp3) is 0.435. The van der Waals surface area contributed by atoms with Gasteiger partial charge in [0.2, 0.25) is 0 Å². The van der Waals surface area contributed by atoms with Crippen LogP contribution in [0, 0.1) is 0 Å². The molecule has 156 valence electrons. The number of aromatic amines is 1. The van der Waals surface area contributed by atoms with Gasteiger partial charge in [-0.25, -0.2) is 4.98 Å². The van der Waals surface area contributed by atoms with E-state index in [0.717, 1.165) is 57.4 Å². The molecule has 2 aliphatic heterocycles. The lowest BCUT2D eigenvalue weighted by molar-refractivity contribution is 0.0787. The molecule has 1 N–H and O–H groups in total. The number of benzene rings is 1. The van der Waals surface area contributed by atoms with Gasteiger partial charge >= 0.3 is 0 Å². The van der Waals surface area contributed by atoms with Crippen LogP contribution in [-0.4, -0.2) is 64.2 Å². The standard InChI is InChI=1S/C23H26N4O2S/c28-20(17-12-19(24-13-17)23(29)27-10-3-4-11-27)15-26-9-5-6-16(14-26)22-25-18-7-1-2-8-21(18)30-22/h1-2,7-8,12-13,16,24H,3-6,9-11,14-15H2/t16-/m0/s1. The van der Waals surface area contributed by atoms with Crippen LogP contribution in [0.5, 0.6) is 0 Å². The van der Waals surface area contributed by atoms with Crippen LogP contribution in [0.4, 0.5) is 0 Å². The van der Waals surface area contributed by atoms with Crippen molar-refractivity contribution in [1.82, 2.24) is 19.8 Å². The zero-order chi connectivity index (χ0) is 20.5. The molecule has 30 heavy (non-hydrogen) atoms. The molecule has 2 aromatic heterocycles. The molecule has 3 aromatic rings. The van der Waals surface area contributed by atoms with Crippen molar-refractivity contribution in [2.24, 2.45) is 0 Å². The number of piperidine rings is 1. The molecular weight excluding hydrogens is 396 g/mol. The third kappa shape index (κ3) is 3.91. The first-order valence-corrected chi connectivity index (χ1v) is 11.6. The molecule has 0 spiro atoms. The average molecular weight is 423 g/mol. The first kappa shape index (κ1) is 19.5. The molecule has 5 rings (SSSR count). The van der Waals surface area contributed by atoms with Crippen LogP contribution in [-0.2, 0) is 0 Å². The van der Waals surface area contributed by atoms with Gasteiger partial charge in [0.25, 0.3) is 5.91 Å². The van der Waals surface area contributed by atoms with Gasteiger partial charge in [-0.1, -0.05) is 12.1 Å². The Hall–Kier alpha value is -2.51. The number of aromatic nitrogens is 2. The summed E-state index contributed by atoms with van der Waals surface area (Å²) in [6, 6.07) is 9.98. The van der Waals surface area contributed by atoms with Gasteiger partial charge in [-0.05, 0) is 50.4 Å². The number of Topliss-reactive ketones (excluding diaryl/α,β-unsaturated/α-hetero) is 1. The number of amides is 1. The van der Waals surface area contributed by atoms with Crippen LogP contribution in [0.1, 0.15) is 57.5 Å². The highest BCUT2D eigenvalue weighted by molar-refractivity contribution is 7.18. The van der Waals surface area contributed by atoms with Crippen LogP contribution in [0.2, 0.25) is 0 Å². The fourth-order valence-electron chi connectivity index (χ4n) is 4.53. The highest BCUT2D eigenvalue weighted by Crippen LogP contribution is 2.33. The second-order valence-electron chi connectivity index (χ2n) is 8.32. The van der Waals surface area contributed by atoms with Crippen LogP contribution < -0.4 is 0 Å². The topological polar surface area (TPSA) is 69.3 Å². The molecule has 2 aliphatic rings. The van der Waals surface area contributed by atoms with E-state index in [4.69, 9.17) is 4.98 Å². The number of nitrogens with one attached hydrogen (secondary N) is 1. The number of ketones is 1. The summed E-state index contributed by atoms with van der Waals surface area (Å²) in [5.74, 6) is 0.444. The normalized spacial score (nSPS) is 20.1. The maximum Gasteiger partial charge on any atom is 0.270 e. The molecule has 1 atom stereocenters. The third-order valence-electron chi connectivity index (χ3n) is 6.16. The monoisotopic (exact) mass is 422 g/mol. The molecule has 7 heteroatoms. The van der Waals surface area contributed by atoms with Crippen LogP contribution >= 0.6 is 11.3 Å². The molecular formula is C23H26N4O2S. The summed E-state index contributed by atoms with van der Waals surface area (Å²) in [4.78, 5) is 37.3. The maximum atomic E-state index is 12.9. The van der Waals surface area contributed by atoms with Crippen molar-refractivity contribution in [3.05, 3.63) is 52.8 Å². The summed E-state index contributed by atoms with van der Waals surface area (Å²) in [7, 11) is 0. The van der Waals surface area contributed by atoms with E-state index in [-0.39, 0.29) is 11.7 Å². The fourth-order valence-corrected chi connectivity index (χ4v) is 5.62. The molecule has 4 heterocycles. The smallest absolute Gasteiger partial charge is 0.270 e. The number of H-pyrrole nitrogens is 1. The van der Waals surface area contributed by atoms with Gasteiger partial charge < -0.3 is 9.88 Å². The number of carbonyl (C=O) groups excluding carboxylic acids is 2. The first-order chi connectivity index (χ1) is 14.7. The van der Waals surface area contributed by atoms with Gasteiger partial charge in [0.05, 0.1) is 21.8 Å². The minimum absolute atomic E-state index is 0.000391. The SMILES string of the molecule is O=C(CN1CCC[C@H](c2nc3ccccc3s2)C1)c1c[nH]c(C(=O)N2CCCC2)c1. The lowest BCUT2D eigenvalue weighted by Gasteiger charge is -2.31. The van der Waals surface area contributed by atoms with E-state index in [1.54, 1.807) is 23.6 Å². The maximum absolute atomic E-state index is 12.9. The second-order valence-corrected chi connectivity index (χ2v) is 9.38. The molecule has 0 unspecified atom stereocenters. The summed E-state index contributed by atoms with van der Waals surface area (Å²) in [5.41, 5.74) is 2.18. The van der Waals surface area contributed by atoms with E-state index in [1.165, 1.54) is 9.71 Å². The lowest BCUT2D eigenvalue weighted by atomic mass is 9.98. The number of rotatable bonds is 5. The molecule has 1 amide bonds. The van der Waals surface area contributed by atoms with E-state index < -0.39 is 0 Å². The van der Waals surface area contributed by atoms with Crippen LogP contribution in [0.15, 0.2) is 36.5 Å². The predicted octanol–water partition coefficient (Wildman–Crippen LogP) is 3.92. The van der Waals surface area contributed by atoms with E-state index >= 15 is 0 Å². The molecule has 6 nitrogen and oxygen atoms in total. The Morgan fingerprint density at radius 3 is 2.80 bits per heavy atom. The van der Waals surface area contributed by atoms with Crippen molar-refractivity contribution in [2.75, 3.05) is 32.7 Å². The van der Waals surface area contributed by atoms with Gasteiger partial charge in [0, 0.05) is 37.3 Å². The molecule has 0 aliphatic carbocycles. The molecule has 2 saturated heterocycles. The van der Waals surface area contributed by atoms with Crippen LogP contribution in [0.3, 0.4) is 0 Å². The Labute approximate surface area is 179 Å². The largest absolute Gasteiger partial charge is 0.356 e. The number of likely N-dealkylation sites (tertiary alicyclic amines) is 2. The third-order valence-corrected chi connectivity index (χ3v) is 7.36. The Balaban J connectivity index is 1.23. The van der Waals surface area contributed by atoms with Crippen molar-refractivity contribution >= 4 is 33.2 Å². The van der Waals surface area contributed by atoms with Crippen molar-refractivity contribution in [2.45, 2.75) is 31.6 Å². The number of hydrogen-bond acceptors (Lipinski definition) is 5. The zero-order valence-electron chi connectivity index (χ0n) is 17.0. The van der Waals surface area contributed by atoms with Crippen molar-refractivity contribution in [3.63, 3.8) is 0 Å². The second kappa shape index (κ2) is 8.32. The van der Waals surface area contributed by atoms with Gasteiger partial charge in [-0.3, -0.25) is 14.5 Å². The molecule has 0 saturated carbocycles. The van der Waals surface area contributed by atoms with Crippen molar-refractivity contribution in [3.8, 4) is 0 Å². The minimum Gasteiger partial charge on any atom is -0.356 e. The highest BCUT2D eigenvalue weighted by atomic mass is 32.1. The Bertz CT molecular complexity index is 1030. The summed E-state index contributed by atoms with van der Waals surface area (Å²) in [5, 5.41) is 1.17. The van der Waals surface area contributed by atoms with Gasteiger partial charge in [-0.15, -0.1) is 11.3 Å². The summed E-state index contributed by atoms with van der Waals surface area (Å²) >= 11 is 1.77. The van der Waals surface area contributed by atoms with Gasteiger partial charge in [-0.2, -0.15) is 0 Å². The van der Waals surface area contributed by atoms with E-state index in [0.29, 0.717) is 23.7 Å². The van der Waals surface area contributed by atoms with Crippen molar-refractivity contribution in [1.29, 1.82) is 0 Å². The average Bonchev–Trinajstić information content (AvgIpc) is 3.54. The zero-order valence-corrected chi connectivity index (χ0v) is 17.8. The predicted molar refractivity (Wildman–Crippen MR) is 118 cm³/mol. The van der Waals surface area contributed by atoms with E-state index in [9.17, 15) is 9.59 Å². The number of carbonyl (C=O) groups is 2. The molecule has 1 aromatic carbocycles. The number of para-hydroxylation sites is 1. The molecule has 0 radical (unpaired) electrons. The highest BCUT2D eigenvalue weighted by Gasteiger charge is 2.26. The Kier molecular flexibility index (Phi) is 5.39. The van der Waals surface area contributed by atoms with Gasteiger partial charge in [0.15, 0.2) is 5.78 Å². The summed E-state index contributed by atoms with van der Waals surface area (Å²) in [6.07, 6.45) is 5.98. The summed E-state index contributed by atoms with van der Waals surface area (Å²) in [6.45, 7) is 3.79. The quantitative estimate of drug-likeness (QED) is 0.633. The number of fused-ring (bicyclic) bond motifs is 1. The number of nitrogens with zero attached hydrogens (tertiary/aromatic N) is 3. The number of hydrogen-bond donors (Lipinski definition) is 1. The molecule has 2 fully saturated rings. The van der Waals surface area contributed by atoms with E-state index in [1.807, 2.05) is 11.0 Å². The first-order valence-electron chi connectivity index (χ1n) is 10.8.